The molecule has 31 heavy (non-hydrogen) atoms. The van der Waals surface area contributed by atoms with Gasteiger partial charge in [0.1, 0.15) is 6.04 Å². The lowest BCUT2D eigenvalue weighted by atomic mass is 10.0. The predicted molar refractivity (Wildman–Crippen MR) is 114 cm³/mol. The van der Waals surface area contributed by atoms with Crippen LogP contribution in [0, 0.1) is 0 Å². The molecule has 3 rings (SSSR count). The molecular weight excluding hydrogens is 400 g/mol. The first-order valence-corrected chi connectivity index (χ1v) is 10.0. The minimum absolute atomic E-state index is 0.0830. The summed E-state index contributed by atoms with van der Waals surface area (Å²) >= 11 is 0. The van der Waals surface area contributed by atoms with Crippen molar-refractivity contribution < 1.29 is 24.7 Å². The summed E-state index contributed by atoms with van der Waals surface area (Å²) in [5, 5.41) is 26.7. The molecule has 2 aromatic rings. The van der Waals surface area contributed by atoms with Gasteiger partial charge < -0.3 is 21.1 Å². The average Bonchev–Trinajstić information content (AvgIpc) is 3.60. The summed E-state index contributed by atoms with van der Waals surface area (Å²) in [6, 6.07) is 13.3. The van der Waals surface area contributed by atoms with Crippen LogP contribution >= 0.6 is 0 Å². The van der Waals surface area contributed by atoms with E-state index in [2.05, 4.69) is 16.0 Å². The van der Waals surface area contributed by atoms with Gasteiger partial charge in [-0.2, -0.15) is 0 Å². The number of aliphatic hydroxyl groups excluding tert-OH is 1. The van der Waals surface area contributed by atoms with Crippen LogP contribution in [-0.2, 0) is 9.59 Å². The second-order valence-corrected chi connectivity index (χ2v) is 7.53. The van der Waals surface area contributed by atoms with E-state index in [9.17, 15) is 19.5 Å². The van der Waals surface area contributed by atoms with Crippen molar-refractivity contribution in [2.75, 3.05) is 11.9 Å². The molecule has 0 aromatic heterocycles. The molecule has 0 heterocycles. The van der Waals surface area contributed by atoms with Gasteiger partial charge in [-0.15, -0.1) is 0 Å². The van der Waals surface area contributed by atoms with Crippen LogP contribution in [0.15, 0.2) is 48.5 Å². The van der Waals surface area contributed by atoms with E-state index in [4.69, 9.17) is 5.21 Å². The number of benzene rings is 2. The minimum atomic E-state index is -1.28. The van der Waals surface area contributed by atoms with Crippen LogP contribution in [0.5, 0.6) is 0 Å². The van der Waals surface area contributed by atoms with Gasteiger partial charge in [0.05, 0.1) is 12.6 Å². The first kappa shape index (κ1) is 22.4. The fraction of sp³-hybridized carbons (Fsp3) is 0.318. The number of amides is 3. The number of anilines is 1. The quantitative estimate of drug-likeness (QED) is 0.261. The van der Waals surface area contributed by atoms with Crippen molar-refractivity contribution in [2.24, 2.45) is 0 Å². The third kappa shape index (κ3) is 6.35. The van der Waals surface area contributed by atoms with Crippen LogP contribution in [0.2, 0.25) is 0 Å². The van der Waals surface area contributed by atoms with E-state index in [1.807, 2.05) is 24.3 Å². The molecular formula is C22H26N4O5. The first-order valence-electron chi connectivity index (χ1n) is 10.0. The summed E-state index contributed by atoms with van der Waals surface area (Å²) in [4.78, 5) is 35.8. The molecule has 2 aromatic carbocycles. The highest BCUT2D eigenvalue weighted by Crippen LogP contribution is 2.22. The van der Waals surface area contributed by atoms with Gasteiger partial charge in [0.25, 0.3) is 11.8 Å². The van der Waals surface area contributed by atoms with Gasteiger partial charge in [0.2, 0.25) is 5.91 Å². The number of hydroxylamine groups is 1. The molecule has 0 radical (unpaired) electrons. The Labute approximate surface area is 179 Å². The molecule has 0 bridgehead atoms. The lowest BCUT2D eigenvalue weighted by molar-refractivity contribution is -0.133. The lowest BCUT2D eigenvalue weighted by Gasteiger charge is -2.19. The molecule has 0 aliphatic heterocycles. The summed E-state index contributed by atoms with van der Waals surface area (Å²) < 4.78 is 0. The van der Waals surface area contributed by atoms with Gasteiger partial charge in [-0.3, -0.25) is 19.6 Å². The molecule has 0 unspecified atom stereocenters. The second kappa shape index (κ2) is 10.2. The molecule has 0 saturated heterocycles. The molecule has 9 heteroatoms. The van der Waals surface area contributed by atoms with Crippen molar-refractivity contribution in [1.29, 1.82) is 0 Å². The third-order valence-corrected chi connectivity index (χ3v) is 4.94. The van der Waals surface area contributed by atoms with Crippen molar-refractivity contribution in [3.63, 3.8) is 0 Å². The maximum absolute atomic E-state index is 12.3. The Morgan fingerprint density at radius 3 is 2.10 bits per heavy atom. The zero-order chi connectivity index (χ0) is 22.4. The Hall–Kier alpha value is -3.27. The van der Waals surface area contributed by atoms with Crippen molar-refractivity contribution in [1.82, 2.24) is 16.1 Å². The highest BCUT2D eigenvalue weighted by atomic mass is 16.5. The van der Waals surface area contributed by atoms with E-state index in [0.29, 0.717) is 23.8 Å². The Kier molecular flexibility index (Phi) is 7.35. The predicted octanol–water partition coefficient (Wildman–Crippen LogP) is 1.03. The molecule has 1 aliphatic carbocycles. The van der Waals surface area contributed by atoms with E-state index in [-0.39, 0.29) is 5.91 Å². The summed E-state index contributed by atoms with van der Waals surface area (Å²) in [6.07, 6.45) is 1.07. The smallest absolute Gasteiger partial charge is 0.268 e. The van der Waals surface area contributed by atoms with Crippen molar-refractivity contribution >= 4 is 23.4 Å². The minimum Gasteiger partial charge on any atom is -0.391 e. The van der Waals surface area contributed by atoms with E-state index < -0.39 is 24.0 Å². The molecule has 0 spiro atoms. The van der Waals surface area contributed by atoms with E-state index in [1.165, 1.54) is 12.4 Å². The van der Waals surface area contributed by atoms with E-state index in [1.54, 1.807) is 24.3 Å². The van der Waals surface area contributed by atoms with Gasteiger partial charge in [-0.05, 0) is 55.2 Å². The lowest BCUT2D eigenvalue weighted by Crippen LogP contribution is -2.51. The molecule has 6 N–H and O–H groups in total. The third-order valence-electron chi connectivity index (χ3n) is 4.94. The number of aliphatic hydroxyl groups is 1. The van der Waals surface area contributed by atoms with Crippen molar-refractivity contribution in [3.8, 4) is 11.1 Å². The molecule has 164 valence electrons. The Morgan fingerprint density at radius 2 is 1.58 bits per heavy atom. The standard InChI is InChI=1S/C22H26N4O5/c1-13(27)20(22(30)26-31)25-21(29)16-4-2-14(3-5-16)15-6-8-18(9-7-15)24-19(28)12-23-17-10-11-17/h2-9,13,17,20,23,27,31H,10-12H2,1H3,(H,24,28)(H,25,29)(H,26,30)/t13-,20+/m1/s1. The Morgan fingerprint density at radius 1 is 1.00 bits per heavy atom. The number of rotatable bonds is 9. The number of nitrogens with one attached hydrogen (secondary N) is 4. The highest BCUT2D eigenvalue weighted by Gasteiger charge is 2.25. The van der Waals surface area contributed by atoms with Crippen LogP contribution in [-0.4, -0.2) is 52.8 Å². The topological polar surface area (TPSA) is 140 Å². The maximum atomic E-state index is 12.3. The fourth-order valence-corrected chi connectivity index (χ4v) is 2.99. The number of carbonyl (C=O) groups is 3. The molecule has 3 amide bonds. The maximum Gasteiger partial charge on any atom is 0.268 e. The van der Waals surface area contributed by atoms with Crippen molar-refractivity contribution in [2.45, 2.75) is 38.0 Å². The largest absolute Gasteiger partial charge is 0.391 e. The Balaban J connectivity index is 1.59. The molecule has 1 aliphatic rings. The molecule has 1 saturated carbocycles. The van der Waals surface area contributed by atoms with Gasteiger partial charge in [-0.25, -0.2) is 5.48 Å². The summed E-state index contributed by atoms with van der Waals surface area (Å²) in [5.41, 5.74) is 4.19. The van der Waals surface area contributed by atoms with Crippen LogP contribution in [0.3, 0.4) is 0 Å². The van der Waals surface area contributed by atoms with Crippen LogP contribution in [0.1, 0.15) is 30.1 Å². The highest BCUT2D eigenvalue weighted by molar-refractivity contribution is 5.98. The zero-order valence-electron chi connectivity index (χ0n) is 17.1. The van der Waals surface area contributed by atoms with Gasteiger partial charge in [-0.1, -0.05) is 24.3 Å². The molecule has 9 nitrogen and oxygen atoms in total. The first-order chi connectivity index (χ1) is 14.9. The zero-order valence-corrected chi connectivity index (χ0v) is 17.1. The number of carbonyl (C=O) groups excluding carboxylic acids is 3. The normalized spacial score (nSPS) is 14.9. The van der Waals surface area contributed by atoms with E-state index in [0.717, 1.165) is 24.0 Å². The summed E-state index contributed by atoms with van der Waals surface area (Å²) in [5.74, 6) is -1.55. The van der Waals surface area contributed by atoms with Crippen LogP contribution < -0.4 is 21.4 Å². The number of hydrogen-bond acceptors (Lipinski definition) is 6. The van der Waals surface area contributed by atoms with Crippen LogP contribution in [0.4, 0.5) is 5.69 Å². The van der Waals surface area contributed by atoms with Gasteiger partial charge in [0.15, 0.2) is 0 Å². The second-order valence-electron chi connectivity index (χ2n) is 7.53. The van der Waals surface area contributed by atoms with Crippen molar-refractivity contribution in [3.05, 3.63) is 54.1 Å². The summed E-state index contributed by atoms with van der Waals surface area (Å²) in [7, 11) is 0. The van der Waals surface area contributed by atoms with Gasteiger partial charge in [0, 0.05) is 17.3 Å². The van der Waals surface area contributed by atoms with Gasteiger partial charge >= 0.3 is 0 Å². The number of hydrogen-bond donors (Lipinski definition) is 6. The monoisotopic (exact) mass is 426 g/mol. The molecule has 2 atom stereocenters. The summed E-state index contributed by atoms with van der Waals surface area (Å²) in [6.45, 7) is 1.63. The van der Waals surface area contributed by atoms with E-state index >= 15 is 0 Å². The fourth-order valence-electron chi connectivity index (χ4n) is 2.99. The van der Waals surface area contributed by atoms with Crippen LogP contribution in [0.25, 0.3) is 11.1 Å². The molecule has 1 fully saturated rings. The average molecular weight is 426 g/mol. The Bertz CT molecular complexity index is 924. The SMILES string of the molecule is C[C@@H](O)[C@H](NC(=O)c1ccc(-c2ccc(NC(=O)CNC3CC3)cc2)cc1)C(=O)NO.